The lowest BCUT2D eigenvalue weighted by molar-refractivity contribution is -0.137. The van der Waals surface area contributed by atoms with E-state index in [9.17, 15) is 9.59 Å². The highest BCUT2D eigenvalue weighted by Crippen LogP contribution is 2.05. The molecular weight excluding hydrogens is 258 g/mol. The van der Waals surface area contributed by atoms with Gasteiger partial charge >= 0.3 is 12.0 Å². The van der Waals surface area contributed by atoms with Gasteiger partial charge < -0.3 is 15.7 Å². The monoisotopic (exact) mass is 279 g/mol. The van der Waals surface area contributed by atoms with Crippen LogP contribution >= 0.6 is 0 Å². The summed E-state index contributed by atoms with van der Waals surface area (Å²) in [5.74, 6) is -0.909. The fourth-order valence-corrected chi connectivity index (χ4v) is 1.90. The number of carbonyl (C=O) groups is 2. The molecule has 0 aliphatic carbocycles. The smallest absolute Gasteiger partial charge is 0.315 e. The van der Waals surface area contributed by atoms with Crippen LogP contribution in [-0.4, -0.2) is 28.1 Å². The second-order valence-electron chi connectivity index (χ2n) is 4.71. The van der Waals surface area contributed by atoms with Crippen molar-refractivity contribution in [2.75, 3.05) is 0 Å². The number of carbonyl (C=O) groups excluding carboxylic acids is 1. The largest absolute Gasteiger partial charge is 0.481 e. The van der Waals surface area contributed by atoms with Crippen LogP contribution in [0.2, 0.25) is 0 Å². The topological polar surface area (TPSA) is 91.3 Å². The first-order chi connectivity index (χ1) is 9.52. The molecule has 3 N–H and O–H groups in total. The van der Waals surface area contributed by atoms with Gasteiger partial charge in [0.05, 0.1) is 6.42 Å². The molecule has 1 rings (SSSR count). The van der Waals surface area contributed by atoms with Crippen molar-refractivity contribution in [3.8, 4) is 0 Å². The van der Waals surface area contributed by atoms with Gasteiger partial charge in [-0.25, -0.2) is 4.79 Å². The molecule has 1 aromatic heterocycles. The highest BCUT2D eigenvalue weighted by Gasteiger charge is 2.14. The first kappa shape index (κ1) is 15.9. The van der Waals surface area contributed by atoms with Crippen LogP contribution in [0.3, 0.4) is 0 Å². The van der Waals surface area contributed by atoms with Crippen LogP contribution in [0.25, 0.3) is 0 Å². The summed E-state index contributed by atoms with van der Waals surface area (Å²) in [5.41, 5.74) is 1.99. The molecule has 6 heteroatoms. The molecule has 0 radical (unpaired) electrons. The van der Waals surface area contributed by atoms with Gasteiger partial charge in [0.2, 0.25) is 0 Å². The van der Waals surface area contributed by atoms with Crippen LogP contribution in [0.15, 0.2) is 18.5 Å². The summed E-state index contributed by atoms with van der Waals surface area (Å²) in [7, 11) is 0. The molecule has 0 bridgehead atoms. The van der Waals surface area contributed by atoms with Crippen molar-refractivity contribution < 1.29 is 14.7 Å². The van der Waals surface area contributed by atoms with E-state index in [2.05, 4.69) is 15.6 Å². The number of pyridine rings is 1. The lowest BCUT2D eigenvalue weighted by atomic mass is 10.1. The van der Waals surface area contributed by atoms with Crippen molar-refractivity contribution in [1.82, 2.24) is 15.6 Å². The number of hydrogen-bond donors (Lipinski definition) is 3. The summed E-state index contributed by atoms with van der Waals surface area (Å²) in [4.78, 5) is 26.5. The number of rotatable bonds is 7. The van der Waals surface area contributed by atoms with Crippen molar-refractivity contribution in [2.24, 2.45) is 0 Å². The zero-order valence-electron chi connectivity index (χ0n) is 11.8. The van der Waals surface area contributed by atoms with E-state index in [4.69, 9.17) is 5.11 Å². The molecule has 0 spiro atoms. The van der Waals surface area contributed by atoms with Crippen LogP contribution in [0.5, 0.6) is 0 Å². The number of aromatic nitrogens is 1. The summed E-state index contributed by atoms with van der Waals surface area (Å²) in [6.07, 6.45) is 4.82. The third kappa shape index (κ3) is 5.69. The standard InChI is InChI=1S/C14H21N3O3/c1-3-4-12(7-13(18)19)17-14(20)16-9-11-5-6-15-8-10(11)2/h5-6,8,12H,3-4,7,9H2,1-2H3,(H,18,19)(H2,16,17,20). The number of nitrogens with zero attached hydrogens (tertiary/aromatic N) is 1. The highest BCUT2D eigenvalue weighted by atomic mass is 16.4. The Labute approximate surface area is 118 Å². The molecule has 20 heavy (non-hydrogen) atoms. The lowest BCUT2D eigenvalue weighted by Gasteiger charge is -2.17. The molecule has 6 nitrogen and oxygen atoms in total. The number of hydrogen-bond acceptors (Lipinski definition) is 3. The first-order valence-corrected chi connectivity index (χ1v) is 6.68. The van der Waals surface area contributed by atoms with E-state index in [0.29, 0.717) is 13.0 Å². The molecule has 0 saturated carbocycles. The molecule has 1 atom stereocenters. The molecule has 1 unspecified atom stereocenters. The molecule has 0 fully saturated rings. The zero-order valence-corrected chi connectivity index (χ0v) is 11.8. The molecule has 2 amide bonds. The van der Waals surface area contributed by atoms with Crippen LogP contribution in [0.1, 0.15) is 37.3 Å². The van der Waals surface area contributed by atoms with Crippen molar-refractivity contribution in [3.05, 3.63) is 29.6 Å². The summed E-state index contributed by atoms with van der Waals surface area (Å²) in [6.45, 7) is 4.27. The quantitative estimate of drug-likeness (QED) is 0.710. The maximum absolute atomic E-state index is 11.8. The van der Waals surface area contributed by atoms with Gasteiger partial charge in [0.25, 0.3) is 0 Å². The maximum Gasteiger partial charge on any atom is 0.315 e. The van der Waals surface area contributed by atoms with E-state index < -0.39 is 5.97 Å². The number of carboxylic acids is 1. The van der Waals surface area contributed by atoms with Crippen molar-refractivity contribution in [2.45, 2.75) is 45.7 Å². The Balaban J connectivity index is 2.45. The molecule has 0 aromatic carbocycles. The Bertz CT molecular complexity index is 463. The van der Waals surface area contributed by atoms with Gasteiger partial charge in [0, 0.05) is 25.0 Å². The first-order valence-electron chi connectivity index (χ1n) is 6.68. The van der Waals surface area contributed by atoms with Gasteiger partial charge in [0.15, 0.2) is 0 Å². The summed E-state index contributed by atoms with van der Waals surface area (Å²) >= 11 is 0. The summed E-state index contributed by atoms with van der Waals surface area (Å²) in [6, 6.07) is 1.16. The predicted octanol–water partition coefficient (Wildman–Crippen LogP) is 1.83. The molecule has 110 valence electrons. The molecule has 0 aliphatic heterocycles. The number of nitrogens with one attached hydrogen (secondary N) is 2. The maximum atomic E-state index is 11.8. The molecule has 1 heterocycles. The Morgan fingerprint density at radius 3 is 2.80 bits per heavy atom. The van der Waals surface area contributed by atoms with E-state index in [1.54, 1.807) is 12.4 Å². The minimum Gasteiger partial charge on any atom is -0.481 e. The average Bonchev–Trinajstić information content (AvgIpc) is 2.37. The normalized spacial score (nSPS) is 11.7. The third-order valence-corrected chi connectivity index (χ3v) is 2.97. The second-order valence-corrected chi connectivity index (χ2v) is 4.71. The van der Waals surface area contributed by atoms with Gasteiger partial charge in [0.1, 0.15) is 0 Å². The number of carboxylic acid groups (broad SMARTS) is 1. The molecule has 0 aliphatic rings. The van der Waals surface area contributed by atoms with Gasteiger partial charge in [-0.15, -0.1) is 0 Å². The molecular formula is C14H21N3O3. The molecule has 0 saturated heterocycles. The fourth-order valence-electron chi connectivity index (χ4n) is 1.90. The Morgan fingerprint density at radius 2 is 2.20 bits per heavy atom. The van der Waals surface area contributed by atoms with Gasteiger partial charge in [-0.2, -0.15) is 0 Å². The highest BCUT2D eigenvalue weighted by molar-refractivity contribution is 5.75. The molecule has 1 aromatic rings. The van der Waals surface area contributed by atoms with E-state index in [-0.39, 0.29) is 18.5 Å². The number of aryl methyl sites for hydroxylation is 1. The lowest BCUT2D eigenvalue weighted by Crippen LogP contribution is -2.42. The minimum absolute atomic E-state index is 0.0600. The second kappa shape index (κ2) is 8.14. The average molecular weight is 279 g/mol. The van der Waals surface area contributed by atoms with Crippen molar-refractivity contribution in [3.63, 3.8) is 0 Å². The van der Waals surface area contributed by atoms with Crippen LogP contribution in [0, 0.1) is 6.92 Å². The van der Waals surface area contributed by atoms with Crippen molar-refractivity contribution >= 4 is 12.0 Å². The summed E-state index contributed by atoms with van der Waals surface area (Å²) in [5, 5.41) is 14.2. The number of amides is 2. The van der Waals surface area contributed by atoms with Crippen LogP contribution in [-0.2, 0) is 11.3 Å². The van der Waals surface area contributed by atoms with Gasteiger partial charge in [-0.3, -0.25) is 9.78 Å². The van der Waals surface area contributed by atoms with E-state index in [1.807, 2.05) is 19.9 Å². The van der Waals surface area contributed by atoms with Crippen molar-refractivity contribution in [1.29, 1.82) is 0 Å². The van der Waals surface area contributed by atoms with E-state index >= 15 is 0 Å². The number of urea groups is 1. The fraction of sp³-hybridized carbons (Fsp3) is 0.500. The van der Waals surface area contributed by atoms with Crippen LogP contribution < -0.4 is 10.6 Å². The number of aliphatic carboxylic acids is 1. The summed E-state index contributed by atoms with van der Waals surface area (Å²) < 4.78 is 0. The minimum atomic E-state index is -0.909. The van der Waals surface area contributed by atoms with Gasteiger partial charge in [-0.1, -0.05) is 13.3 Å². The Kier molecular flexibility index (Phi) is 6.49. The third-order valence-electron chi connectivity index (χ3n) is 2.97. The Hall–Kier alpha value is -2.11. The van der Waals surface area contributed by atoms with E-state index in [1.165, 1.54) is 0 Å². The predicted molar refractivity (Wildman–Crippen MR) is 75.3 cm³/mol. The van der Waals surface area contributed by atoms with Crippen LogP contribution in [0.4, 0.5) is 4.79 Å². The Morgan fingerprint density at radius 1 is 1.45 bits per heavy atom. The SMILES string of the molecule is CCCC(CC(=O)O)NC(=O)NCc1ccncc1C. The van der Waals surface area contributed by atoms with Gasteiger partial charge in [-0.05, 0) is 30.5 Å². The van der Waals surface area contributed by atoms with E-state index in [0.717, 1.165) is 17.5 Å². The zero-order chi connectivity index (χ0) is 15.0.